The first-order valence-corrected chi connectivity index (χ1v) is 8.83. The molecule has 0 saturated heterocycles. The van der Waals surface area contributed by atoms with Gasteiger partial charge in [0.15, 0.2) is 0 Å². The van der Waals surface area contributed by atoms with Gasteiger partial charge in [-0.1, -0.05) is 65.1 Å². The minimum Gasteiger partial charge on any atom is -0.495 e. The molecule has 0 saturated carbocycles. The number of rotatable bonds is 7. The minimum absolute atomic E-state index is 0.0752. The van der Waals surface area contributed by atoms with E-state index >= 15 is 0 Å². The molecule has 2 N–H and O–H groups in total. The number of anilines is 1. The van der Waals surface area contributed by atoms with Gasteiger partial charge in [0.05, 0.1) is 24.1 Å². The van der Waals surface area contributed by atoms with Crippen molar-refractivity contribution in [1.29, 1.82) is 0 Å². The first-order chi connectivity index (χ1) is 12.7. The van der Waals surface area contributed by atoms with Gasteiger partial charge in [0, 0.05) is 12.1 Å². The molecule has 0 fully saturated rings. The molecule has 27 heavy (non-hydrogen) atoms. The summed E-state index contributed by atoms with van der Waals surface area (Å²) in [5, 5.41) is 16.4. The summed E-state index contributed by atoms with van der Waals surface area (Å²) in [6, 6.07) is 12.9. The van der Waals surface area contributed by atoms with Crippen molar-refractivity contribution in [3.63, 3.8) is 0 Å². The Hall–Kier alpha value is -2.22. The number of halogens is 3. The molecule has 1 amide bonds. The monoisotopic (exact) mass is 431 g/mol. The number of carbonyl (C=O) groups is 1. The van der Waals surface area contributed by atoms with Crippen molar-refractivity contribution in [2.45, 2.75) is 16.4 Å². The Balaban J connectivity index is 2.21. The number of nitro benzene ring substituents is 1. The number of methoxy groups -OCH3 is 1. The first-order valence-electron chi connectivity index (χ1n) is 7.69. The van der Waals surface area contributed by atoms with Crippen LogP contribution in [0.1, 0.15) is 5.56 Å². The number of benzene rings is 2. The van der Waals surface area contributed by atoms with Crippen LogP contribution in [0, 0.1) is 10.1 Å². The van der Waals surface area contributed by atoms with E-state index in [-0.39, 0.29) is 23.5 Å². The molecule has 0 aromatic heterocycles. The third-order valence-electron chi connectivity index (χ3n) is 3.53. The van der Waals surface area contributed by atoms with Crippen LogP contribution >= 0.6 is 34.8 Å². The highest BCUT2D eigenvalue weighted by Gasteiger charge is 2.35. The summed E-state index contributed by atoms with van der Waals surface area (Å²) in [6.07, 6.45) is -1.08. The maximum Gasteiger partial charge on any atom is 0.271 e. The number of nitrogens with one attached hydrogen (secondary N) is 2. The molecule has 2 aromatic rings. The normalized spacial score (nSPS) is 12.1. The molecule has 7 nitrogen and oxygen atoms in total. The average Bonchev–Trinajstić information content (AvgIpc) is 2.61. The molecule has 0 bridgehead atoms. The van der Waals surface area contributed by atoms with Gasteiger partial charge in [-0.05, 0) is 11.6 Å². The number of carbonyl (C=O) groups excluding carboxylic acids is 1. The molecular weight excluding hydrogens is 417 g/mol. The van der Waals surface area contributed by atoms with Crippen molar-refractivity contribution < 1.29 is 14.5 Å². The van der Waals surface area contributed by atoms with Crippen LogP contribution in [0.5, 0.6) is 5.75 Å². The molecule has 2 aromatic carbocycles. The summed E-state index contributed by atoms with van der Waals surface area (Å²) < 4.78 is 3.24. The molecule has 144 valence electrons. The van der Waals surface area contributed by atoms with E-state index in [1.807, 2.05) is 6.07 Å². The van der Waals surface area contributed by atoms with Crippen molar-refractivity contribution in [2.24, 2.45) is 0 Å². The number of amides is 1. The zero-order valence-corrected chi connectivity index (χ0v) is 16.4. The van der Waals surface area contributed by atoms with Gasteiger partial charge in [-0.2, -0.15) is 0 Å². The highest BCUT2D eigenvalue weighted by Crippen LogP contribution is 2.35. The van der Waals surface area contributed by atoms with E-state index in [0.717, 1.165) is 5.56 Å². The van der Waals surface area contributed by atoms with Crippen LogP contribution in [0.2, 0.25) is 0 Å². The number of ether oxygens (including phenoxy) is 1. The summed E-state index contributed by atoms with van der Waals surface area (Å²) in [4.78, 5) is 22.8. The molecule has 10 heteroatoms. The molecule has 0 aliphatic carbocycles. The molecule has 1 atom stereocenters. The smallest absolute Gasteiger partial charge is 0.271 e. The lowest BCUT2D eigenvalue weighted by molar-refractivity contribution is -0.384. The van der Waals surface area contributed by atoms with E-state index < -0.39 is 20.8 Å². The molecular formula is C17H16Cl3N3O4. The molecule has 0 unspecified atom stereocenters. The number of hydrogen-bond donors (Lipinski definition) is 2. The van der Waals surface area contributed by atoms with Crippen molar-refractivity contribution >= 4 is 52.1 Å². The fourth-order valence-corrected chi connectivity index (χ4v) is 2.60. The second kappa shape index (κ2) is 9.12. The summed E-state index contributed by atoms with van der Waals surface area (Å²) in [7, 11) is 1.39. The lowest BCUT2D eigenvalue weighted by atomic mass is 10.1. The highest BCUT2D eigenvalue weighted by molar-refractivity contribution is 6.68. The van der Waals surface area contributed by atoms with Crippen LogP contribution < -0.4 is 15.4 Å². The second-order valence-electron chi connectivity index (χ2n) is 5.49. The molecule has 0 heterocycles. The fourth-order valence-electron chi connectivity index (χ4n) is 2.27. The van der Waals surface area contributed by atoms with E-state index in [2.05, 4.69) is 10.6 Å². The van der Waals surface area contributed by atoms with Gasteiger partial charge in [-0.15, -0.1) is 0 Å². The molecule has 2 rings (SSSR count). The average molecular weight is 433 g/mol. The van der Waals surface area contributed by atoms with Gasteiger partial charge in [0.1, 0.15) is 11.9 Å². The standard InChI is InChI=1S/C17H16Cl3N3O4/c1-27-14-8-7-12(23(25)26)10-13(14)21-16(17(18,19)20)22-15(24)9-11-5-3-2-4-6-11/h2-8,10,16,21H,9H2,1H3,(H,22,24)/t16-/m0/s1. The number of non-ortho nitro benzene ring substituents is 1. The molecule has 0 aliphatic heterocycles. The number of hydrogen-bond acceptors (Lipinski definition) is 5. The van der Waals surface area contributed by atoms with Crippen LogP contribution in [0.25, 0.3) is 0 Å². The third-order valence-corrected chi connectivity index (χ3v) is 4.19. The van der Waals surface area contributed by atoms with Gasteiger partial charge < -0.3 is 15.4 Å². The predicted octanol–water partition coefficient (Wildman–Crippen LogP) is 4.07. The summed E-state index contributed by atoms with van der Waals surface area (Å²) >= 11 is 17.9. The Labute approximate surface area is 170 Å². The van der Waals surface area contributed by atoms with Crippen molar-refractivity contribution in [3.8, 4) is 5.75 Å². The Kier molecular flexibility index (Phi) is 7.12. The van der Waals surface area contributed by atoms with E-state index in [4.69, 9.17) is 39.5 Å². The Morgan fingerprint density at radius 2 is 1.89 bits per heavy atom. The summed E-state index contributed by atoms with van der Waals surface area (Å²) in [5.74, 6) is -0.105. The molecule has 0 aliphatic rings. The van der Waals surface area contributed by atoms with Crippen LogP contribution in [0.4, 0.5) is 11.4 Å². The maximum atomic E-state index is 12.3. The predicted molar refractivity (Wildman–Crippen MR) is 106 cm³/mol. The Bertz CT molecular complexity index is 813. The van der Waals surface area contributed by atoms with Gasteiger partial charge in [-0.25, -0.2) is 0 Å². The van der Waals surface area contributed by atoms with Gasteiger partial charge in [0.25, 0.3) is 5.69 Å². The van der Waals surface area contributed by atoms with Crippen LogP contribution in [0.15, 0.2) is 48.5 Å². The third kappa shape index (κ3) is 6.16. The van der Waals surface area contributed by atoms with Crippen LogP contribution in [-0.2, 0) is 11.2 Å². The van der Waals surface area contributed by atoms with E-state index in [9.17, 15) is 14.9 Å². The zero-order chi connectivity index (χ0) is 20.0. The van der Waals surface area contributed by atoms with E-state index in [0.29, 0.717) is 0 Å². The Morgan fingerprint density at radius 1 is 1.22 bits per heavy atom. The molecule has 0 spiro atoms. The Morgan fingerprint density at radius 3 is 2.44 bits per heavy atom. The number of nitro groups is 1. The summed E-state index contributed by atoms with van der Waals surface area (Å²) in [5.41, 5.74) is 0.797. The second-order valence-corrected chi connectivity index (χ2v) is 7.86. The van der Waals surface area contributed by atoms with Crippen molar-refractivity contribution in [2.75, 3.05) is 12.4 Å². The number of nitrogens with zero attached hydrogens (tertiary/aromatic N) is 1. The lowest BCUT2D eigenvalue weighted by Crippen LogP contribution is -2.49. The van der Waals surface area contributed by atoms with Gasteiger partial charge >= 0.3 is 0 Å². The zero-order valence-electron chi connectivity index (χ0n) is 14.1. The van der Waals surface area contributed by atoms with Crippen molar-refractivity contribution in [1.82, 2.24) is 5.32 Å². The first kappa shape index (κ1) is 21.1. The largest absolute Gasteiger partial charge is 0.495 e. The quantitative estimate of drug-likeness (QED) is 0.298. The topological polar surface area (TPSA) is 93.5 Å². The van der Waals surface area contributed by atoms with E-state index in [1.54, 1.807) is 24.3 Å². The van der Waals surface area contributed by atoms with Gasteiger partial charge in [0.2, 0.25) is 9.70 Å². The van der Waals surface area contributed by atoms with E-state index in [1.165, 1.54) is 25.3 Å². The highest BCUT2D eigenvalue weighted by atomic mass is 35.6. The minimum atomic E-state index is -1.93. The maximum absolute atomic E-state index is 12.3. The lowest BCUT2D eigenvalue weighted by Gasteiger charge is -2.28. The number of alkyl halides is 3. The summed E-state index contributed by atoms with van der Waals surface area (Å²) in [6.45, 7) is 0. The van der Waals surface area contributed by atoms with Crippen LogP contribution in [0.3, 0.4) is 0 Å². The van der Waals surface area contributed by atoms with Crippen LogP contribution in [-0.4, -0.2) is 27.9 Å². The SMILES string of the molecule is COc1ccc([N+](=O)[O-])cc1N[C@@H](NC(=O)Cc1ccccc1)C(Cl)(Cl)Cl. The van der Waals surface area contributed by atoms with Crippen molar-refractivity contribution in [3.05, 3.63) is 64.2 Å². The van der Waals surface area contributed by atoms with Gasteiger partial charge in [-0.3, -0.25) is 14.9 Å². The molecule has 0 radical (unpaired) electrons. The fraction of sp³-hybridized carbons (Fsp3) is 0.235.